The fraction of sp³-hybridized carbons (Fsp3) is 0.634. The Kier molecular flexibility index (Phi) is 9.33. The zero-order valence-corrected chi connectivity index (χ0v) is 32.3. The quantitative estimate of drug-likeness (QED) is 0.358. The first-order chi connectivity index (χ1) is 25.7. The van der Waals surface area contributed by atoms with E-state index in [9.17, 15) is 27.6 Å². The highest BCUT2D eigenvalue weighted by atomic mass is 32.2. The van der Waals surface area contributed by atoms with Crippen LogP contribution in [0.25, 0.3) is 10.9 Å². The van der Waals surface area contributed by atoms with Crippen molar-refractivity contribution in [3.8, 4) is 5.75 Å². The monoisotopic (exact) mass is 760 g/mol. The third-order valence-electron chi connectivity index (χ3n) is 13.1. The minimum Gasteiger partial charge on any atom is -0.483 e. The summed E-state index contributed by atoms with van der Waals surface area (Å²) >= 11 is 0. The summed E-state index contributed by atoms with van der Waals surface area (Å²) in [6, 6.07) is 6.06. The van der Waals surface area contributed by atoms with Gasteiger partial charge in [0, 0.05) is 23.8 Å². The van der Waals surface area contributed by atoms with E-state index in [-0.39, 0.29) is 43.1 Å². The molecule has 8 rings (SSSR count). The molecule has 1 unspecified atom stereocenters. The molecule has 290 valence electrons. The second kappa shape index (κ2) is 13.6. The lowest BCUT2D eigenvalue weighted by Crippen LogP contribution is -2.53. The molecule has 0 bridgehead atoms. The molecule has 3 amide bonds. The predicted octanol–water partition coefficient (Wildman–Crippen LogP) is 5.59. The Bertz CT molecular complexity index is 2030. The number of Topliss-reactive ketones (excluding diaryl/α,β-unsaturated/α-hetero) is 1. The fourth-order valence-electron chi connectivity index (χ4n) is 8.99. The second-order valence-electron chi connectivity index (χ2n) is 17.2. The Labute approximate surface area is 317 Å². The Morgan fingerprint density at radius 3 is 2.59 bits per heavy atom. The molecule has 4 fully saturated rings. The maximum atomic E-state index is 14.8. The summed E-state index contributed by atoms with van der Waals surface area (Å²) in [6.45, 7) is 5.52. The van der Waals surface area contributed by atoms with Crippen molar-refractivity contribution < 1.29 is 37.1 Å². The zero-order valence-electron chi connectivity index (χ0n) is 31.5. The number of alkyl carbamates (subject to hydrolysis) is 1. The number of fused-ring (bicyclic) bond motifs is 5. The number of nitrogens with zero attached hydrogens (tertiary/aromatic N) is 2. The highest BCUT2D eigenvalue weighted by Crippen LogP contribution is 2.58. The summed E-state index contributed by atoms with van der Waals surface area (Å²) in [4.78, 5) is 63.1. The number of hydrogen-bond acceptors (Lipinski definition) is 9. The van der Waals surface area contributed by atoms with Crippen molar-refractivity contribution >= 4 is 44.6 Å². The summed E-state index contributed by atoms with van der Waals surface area (Å²) in [5.41, 5.74) is 0.509. The third-order valence-corrected chi connectivity index (χ3v) is 15.3. The molecule has 54 heavy (non-hydrogen) atoms. The van der Waals surface area contributed by atoms with Crippen LogP contribution < -0.4 is 14.8 Å². The molecular weight excluding hydrogens is 709 g/mol. The number of ether oxygens (including phenoxy) is 2. The Morgan fingerprint density at radius 1 is 1.06 bits per heavy atom. The first-order valence-corrected chi connectivity index (χ1v) is 21.3. The van der Waals surface area contributed by atoms with Crippen molar-refractivity contribution in [1.82, 2.24) is 19.9 Å². The third kappa shape index (κ3) is 6.90. The molecule has 2 N–H and O–H groups in total. The number of aryl methyl sites for hydroxylation is 2. The van der Waals surface area contributed by atoms with Crippen LogP contribution >= 0.6 is 0 Å². The topological polar surface area (TPSA) is 161 Å². The molecule has 3 aliphatic carbocycles. The molecule has 1 spiro atoms. The molecule has 3 aliphatic heterocycles. The van der Waals surface area contributed by atoms with Gasteiger partial charge in [0.25, 0.3) is 0 Å². The highest BCUT2D eigenvalue weighted by Gasteiger charge is 2.63. The molecule has 13 heteroatoms. The number of allylic oxidation sites excluding steroid dienone is 2. The van der Waals surface area contributed by atoms with E-state index >= 15 is 0 Å². The van der Waals surface area contributed by atoms with E-state index in [1.807, 2.05) is 50.3 Å². The van der Waals surface area contributed by atoms with Gasteiger partial charge >= 0.3 is 6.09 Å². The van der Waals surface area contributed by atoms with Crippen molar-refractivity contribution in [2.45, 2.75) is 139 Å². The van der Waals surface area contributed by atoms with Gasteiger partial charge in [-0.05, 0) is 103 Å². The van der Waals surface area contributed by atoms with Gasteiger partial charge in [-0.1, -0.05) is 43.2 Å². The Morgan fingerprint density at radius 2 is 1.83 bits per heavy atom. The lowest BCUT2D eigenvalue weighted by molar-refractivity contribution is -0.140. The second-order valence-corrected chi connectivity index (χ2v) is 19.4. The maximum Gasteiger partial charge on any atom is 0.408 e. The first kappa shape index (κ1) is 36.9. The van der Waals surface area contributed by atoms with Gasteiger partial charge in [-0.3, -0.25) is 19.1 Å². The van der Waals surface area contributed by atoms with Gasteiger partial charge in [0.1, 0.15) is 23.5 Å². The summed E-state index contributed by atoms with van der Waals surface area (Å²) in [5, 5.41) is 3.87. The number of aromatic nitrogens is 1. The first-order valence-electron chi connectivity index (χ1n) is 19.8. The van der Waals surface area contributed by atoms with Gasteiger partial charge in [-0.25, -0.2) is 18.2 Å². The van der Waals surface area contributed by atoms with Crippen LogP contribution in [0.4, 0.5) is 4.79 Å². The fourth-order valence-corrected chi connectivity index (χ4v) is 10.3. The normalized spacial score (nSPS) is 31.8. The molecule has 6 aliphatic rings. The van der Waals surface area contributed by atoms with Gasteiger partial charge in [0.15, 0.2) is 5.78 Å². The number of pyridine rings is 1. The molecule has 3 saturated carbocycles. The average molecular weight is 761 g/mol. The molecule has 1 aromatic carbocycles. The van der Waals surface area contributed by atoms with Crippen LogP contribution in [0.5, 0.6) is 5.75 Å². The number of carbonyl (C=O) groups excluding carboxylic acids is 4. The van der Waals surface area contributed by atoms with E-state index in [1.165, 1.54) is 0 Å². The minimum atomic E-state index is -3.93. The van der Waals surface area contributed by atoms with Crippen LogP contribution in [0.1, 0.15) is 109 Å². The van der Waals surface area contributed by atoms with E-state index in [4.69, 9.17) is 14.5 Å². The summed E-state index contributed by atoms with van der Waals surface area (Å²) in [6.07, 6.45) is 11.0. The molecule has 0 radical (unpaired) electrons. The van der Waals surface area contributed by atoms with Crippen LogP contribution in [0.3, 0.4) is 0 Å². The van der Waals surface area contributed by atoms with Crippen molar-refractivity contribution in [3.05, 3.63) is 47.7 Å². The lowest BCUT2D eigenvalue weighted by Gasteiger charge is -2.36. The minimum absolute atomic E-state index is 0.120. The summed E-state index contributed by atoms with van der Waals surface area (Å²) in [5.74, 6) is -0.665. The molecule has 6 atom stereocenters. The van der Waals surface area contributed by atoms with Gasteiger partial charge in [-0.15, -0.1) is 0 Å². The Balaban J connectivity index is 1.12. The standard InChI is InChI=1S/C41H52N4O8S/c1-25-35-30(29-12-9-10-13-31(29)42-25)17-18-40(53-35)22-33-34(46)23-41(37(48)44-54(50,51)39(3)19-20-39)21-28(41)11-7-5-4-6-8-14-32(36(47)45(33)24-40)43-38(49)52-26(2)27-15-16-27/h7,9-13,26-28,32-33H,4-6,8,14-24H2,1-3H3,(H,43,49)(H,44,48)/b11-7-/t26?,28-,32-,33+,40-,41-/m1/s1. The Hall–Kier alpha value is -4.00. The number of benzene rings is 1. The highest BCUT2D eigenvalue weighted by molar-refractivity contribution is 7.91. The van der Waals surface area contributed by atoms with Crippen LogP contribution in [0.2, 0.25) is 0 Å². The SMILES string of the molecule is Cc1nc2ccccc2c2c1O[C@]1(CC2)C[C@H]2C(=O)C[C@]3(C(=O)NS(=O)(=O)C4(C)CC4)C[C@H]3/C=C\CCCCC[C@@H](NC(=O)OC(C)C3CC3)C(=O)N2C1. The average Bonchev–Trinajstić information content (AvgIpc) is 4.06. The molecule has 1 saturated heterocycles. The number of rotatable bonds is 6. The number of hydrogen-bond donors (Lipinski definition) is 2. The smallest absolute Gasteiger partial charge is 0.408 e. The van der Waals surface area contributed by atoms with Crippen molar-refractivity contribution in [1.29, 1.82) is 0 Å². The van der Waals surface area contributed by atoms with Gasteiger partial charge < -0.3 is 19.7 Å². The molecular formula is C41H52N4O8S. The van der Waals surface area contributed by atoms with Crippen LogP contribution in [-0.4, -0.2) is 77.1 Å². The summed E-state index contributed by atoms with van der Waals surface area (Å²) < 4.78 is 40.4. The van der Waals surface area contributed by atoms with Crippen LogP contribution in [0, 0.1) is 24.2 Å². The molecule has 4 heterocycles. The maximum absolute atomic E-state index is 14.8. The number of para-hydroxylation sites is 1. The molecule has 1 aromatic heterocycles. The number of carbonyl (C=O) groups is 4. The van der Waals surface area contributed by atoms with Crippen molar-refractivity contribution in [2.75, 3.05) is 6.54 Å². The van der Waals surface area contributed by atoms with E-state index in [1.54, 1.807) is 11.8 Å². The lowest BCUT2D eigenvalue weighted by atomic mass is 9.85. The van der Waals surface area contributed by atoms with Gasteiger partial charge in [0.05, 0.1) is 34.0 Å². The zero-order chi connectivity index (χ0) is 38.0. The van der Waals surface area contributed by atoms with Gasteiger partial charge in [0.2, 0.25) is 21.8 Å². The van der Waals surface area contributed by atoms with E-state index in [2.05, 4.69) is 10.0 Å². The van der Waals surface area contributed by atoms with Crippen molar-refractivity contribution in [3.63, 3.8) is 0 Å². The van der Waals surface area contributed by atoms with Crippen LogP contribution in [-0.2, 0) is 35.6 Å². The number of amides is 3. The van der Waals surface area contributed by atoms with E-state index in [0.717, 1.165) is 54.3 Å². The molecule has 12 nitrogen and oxygen atoms in total. The largest absolute Gasteiger partial charge is 0.483 e. The van der Waals surface area contributed by atoms with Gasteiger partial charge in [-0.2, -0.15) is 0 Å². The number of sulfonamides is 1. The summed E-state index contributed by atoms with van der Waals surface area (Å²) in [7, 11) is -3.93. The predicted molar refractivity (Wildman–Crippen MR) is 201 cm³/mol. The number of nitrogens with one attached hydrogen (secondary N) is 2. The van der Waals surface area contributed by atoms with E-state index < -0.39 is 49.9 Å². The van der Waals surface area contributed by atoms with Crippen molar-refractivity contribution in [2.24, 2.45) is 17.3 Å². The van der Waals surface area contributed by atoms with Crippen LogP contribution in [0.15, 0.2) is 36.4 Å². The van der Waals surface area contributed by atoms with E-state index in [0.29, 0.717) is 56.6 Å². The number of ketones is 1. The molecule has 2 aromatic rings.